The van der Waals surface area contributed by atoms with E-state index in [2.05, 4.69) is 5.32 Å². The van der Waals surface area contributed by atoms with Gasteiger partial charge in [0.15, 0.2) is 0 Å². The van der Waals surface area contributed by atoms with Crippen molar-refractivity contribution in [2.45, 2.75) is 12.8 Å². The fourth-order valence-electron chi connectivity index (χ4n) is 1.72. The Morgan fingerprint density at radius 2 is 1.85 bits per heavy atom. The highest BCUT2D eigenvalue weighted by Crippen LogP contribution is 2.18. The Hall–Kier alpha value is -0.960. The van der Waals surface area contributed by atoms with E-state index >= 15 is 0 Å². The molecule has 0 amide bonds. The summed E-state index contributed by atoms with van der Waals surface area (Å²) in [5, 5.41) is 3.15. The first-order valence-electron chi connectivity index (χ1n) is 4.45. The summed E-state index contributed by atoms with van der Waals surface area (Å²) < 4.78 is 26.1. The third-order valence-corrected chi connectivity index (χ3v) is 2.38. The lowest BCUT2D eigenvalue weighted by atomic mass is 10.0. The predicted octanol–water partition coefficient (Wildman–Crippen LogP) is 1.65. The molecule has 1 aromatic rings. The summed E-state index contributed by atoms with van der Waals surface area (Å²) in [7, 11) is 0. The third kappa shape index (κ3) is 1.70. The molecule has 70 valence electrons. The Balaban J connectivity index is 2.47. The molecule has 0 spiro atoms. The highest BCUT2D eigenvalue weighted by atomic mass is 19.1. The molecule has 1 N–H and O–H groups in total. The molecule has 0 unspecified atom stereocenters. The van der Waals surface area contributed by atoms with Gasteiger partial charge < -0.3 is 5.32 Å². The maximum Gasteiger partial charge on any atom is 0.129 e. The van der Waals surface area contributed by atoms with Gasteiger partial charge in [-0.15, -0.1) is 0 Å². The van der Waals surface area contributed by atoms with Gasteiger partial charge in [-0.1, -0.05) is 0 Å². The molecule has 0 aromatic heterocycles. The van der Waals surface area contributed by atoms with Crippen LogP contribution in [0.1, 0.15) is 11.1 Å². The van der Waals surface area contributed by atoms with E-state index in [0.717, 1.165) is 24.7 Å². The van der Waals surface area contributed by atoms with Crippen LogP contribution in [0.5, 0.6) is 0 Å². The minimum Gasteiger partial charge on any atom is -0.316 e. The fraction of sp³-hybridized carbons (Fsp3) is 0.400. The van der Waals surface area contributed by atoms with Gasteiger partial charge in [0.25, 0.3) is 0 Å². The van der Waals surface area contributed by atoms with E-state index in [1.165, 1.54) is 6.07 Å². The molecule has 3 heteroatoms. The molecule has 1 aliphatic heterocycles. The molecule has 1 heterocycles. The summed E-state index contributed by atoms with van der Waals surface area (Å²) in [4.78, 5) is 0. The quantitative estimate of drug-likeness (QED) is 0.645. The second-order valence-electron chi connectivity index (χ2n) is 3.28. The van der Waals surface area contributed by atoms with E-state index in [4.69, 9.17) is 0 Å². The Bertz CT molecular complexity index is 323. The van der Waals surface area contributed by atoms with Crippen molar-refractivity contribution in [1.29, 1.82) is 0 Å². The van der Waals surface area contributed by atoms with Crippen LogP contribution in [0.4, 0.5) is 8.78 Å². The van der Waals surface area contributed by atoms with E-state index in [-0.39, 0.29) is 0 Å². The van der Waals surface area contributed by atoms with Crippen molar-refractivity contribution < 1.29 is 8.78 Å². The smallest absolute Gasteiger partial charge is 0.129 e. The second-order valence-corrected chi connectivity index (χ2v) is 3.28. The number of benzene rings is 1. The molecule has 0 fully saturated rings. The molecule has 1 aliphatic rings. The van der Waals surface area contributed by atoms with Crippen LogP contribution < -0.4 is 5.32 Å². The van der Waals surface area contributed by atoms with E-state index in [9.17, 15) is 8.78 Å². The maximum atomic E-state index is 13.2. The van der Waals surface area contributed by atoms with Crippen molar-refractivity contribution in [2.24, 2.45) is 0 Å². The zero-order valence-corrected chi connectivity index (χ0v) is 7.24. The summed E-state index contributed by atoms with van der Waals surface area (Å²) in [5.74, 6) is -0.878. The molecule has 1 nitrogen and oxygen atoms in total. The number of hydrogen-bond donors (Lipinski definition) is 1. The molecular weight excluding hydrogens is 172 g/mol. The summed E-state index contributed by atoms with van der Waals surface area (Å²) >= 11 is 0. The molecule has 0 aliphatic carbocycles. The van der Waals surface area contributed by atoms with Crippen LogP contribution >= 0.6 is 0 Å². The van der Waals surface area contributed by atoms with Crippen molar-refractivity contribution in [3.8, 4) is 0 Å². The van der Waals surface area contributed by atoms with Gasteiger partial charge in [0, 0.05) is 6.07 Å². The maximum absolute atomic E-state index is 13.2. The van der Waals surface area contributed by atoms with Crippen molar-refractivity contribution in [3.05, 3.63) is 34.9 Å². The average molecular weight is 183 g/mol. The highest BCUT2D eigenvalue weighted by Gasteiger charge is 2.13. The van der Waals surface area contributed by atoms with Gasteiger partial charge in [-0.3, -0.25) is 0 Å². The van der Waals surface area contributed by atoms with Crippen LogP contribution in [0.3, 0.4) is 0 Å². The van der Waals surface area contributed by atoms with Gasteiger partial charge >= 0.3 is 0 Å². The Morgan fingerprint density at radius 1 is 1.08 bits per heavy atom. The molecular formula is C10H11F2N. The fourth-order valence-corrected chi connectivity index (χ4v) is 1.72. The summed E-state index contributed by atoms with van der Waals surface area (Å²) in [6.45, 7) is 1.57. The van der Waals surface area contributed by atoms with E-state index in [1.807, 2.05) is 0 Å². The first kappa shape index (κ1) is 8.63. The lowest BCUT2D eigenvalue weighted by Crippen LogP contribution is -2.16. The molecule has 0 saturated carbocycles. The lowest BCUT2D eigenvalue weighted by molar-refractivity contribution is 0.569. The van der Waals surface area contributed by atoms with Gasteiger partial charge in [0.05, 0.1) is 0 Å². The summed E-state index contributed by atoms with van der Waals surface area (Å²) in [5.41, 5.74) is 1.48. The van der Waals surface area contributed by atoms with Crippen molar-refractivity contribution in [2.75, 3.05) is 13.1 Å². The number of fused-ring (bicyclic) bond motifs is 1. The molecule has 0 saturated heterocycles. The first-order chi connectivity index (χ1) is 6.27. The Morgan fingerprint density at radius 3 is 2.69 bits per heavy atom. The van der Waals surface area contributed by atoms with Crippen LogP contribution in [-0.2, 0) is 12.8 Å². The molecule has 0 radical (unpaired) electrons. The normalized spacial score (nSPS) is 16.5. The molecule has 2 rings (SSSR count). The minimum absolute atomic E-state index is 0.404. The lowest BCUT2D eigenvalue weighted by Gasteiger charge is -2.05. The van der Waals surface area contributed by atoms with E-state index in [1.54, 1.807) is 0 Å². The van der Waals surface area contributed by atoms with Crippen LogP contribution in [0.2, 0.25) is 0 Å². The standard InChI is InChI=1S/C10H11F2N/c11-8-5-7-1-3-13-4-2-9(7)10(12)6-8/h5-6,13H,1-4H2. The van der Waals surface area contributed by atoms with Crippen molar-refractivity contribution >= 4 is 0 Å². The van der Waals surface area contributed by atoms with Crippen molar-refractivity contribution in [3.63, 3.8) is 0 Å². The topological polar surface area (TPSA) is 12.0 Å². The van der Waals surface area contributed by atoms with E-state index in [0.29, 0.717) is 18.4 Å². The average Bonchev–Trinajstić information content (AvgIpc) is 2.28. The minimum atomic E-state index is -0.474. The number of rotatable bonds is 0. The van der Waals surface area contributed by atoms with Gasteiger partial charge in [0.2, 0.25) is 0 Å². The Labute approximate surface area is 75.8 Å². The van der Waals surface area contributed by atoms with Crippen LogP contribution in [0.15, 0.2) is 12.1 Å². The SMILES string of the molecule is Fc1cc(F)c2c(c1)CCNCC2. The number of halogens is 2. The zero-order valence-electron chi connectivity index (χ0n) is 7.24. The monoisotopic (exact) mass is 183 g/mol. The predicted molar refractivity (Wildman–Crippen MR) is 46.6 cm³/mol. The molecule has 1 aromatic carbocycles. The first-order valence-corrected chi connectivity index (χ1v) is 4.45. The van der Waals surface area contributed by atoms with Gasteiger partial charge in [-0.05, 0) is 43.1 Å². The van der Waals surface area contributed by atoms with Crippen molar-refractivity contribution in [1.82, 2.24) is 5.32 Å². The largest absolute Gasteiger partial charge is 0.316 e. The molecule has 0 bridgehead atoms. The number of hydrogen-bond acceptors (Lipinski definition) is 1. The molecule has 13 heavy (non-hydrogen) atoms. The third-order valence-electron chi connectivity index (χ3n) is 2.38. The van der Waals surface area contributed by atoms with Gasteiger partial charge in [-0.25, -0.2) is 8.78 Å². The Kier molecular flexibility index (Phi) is 2.27. The van der Waals surface area contributed by atoms with Gasteiger partial charge in [-0.2, -0.15) is 0 Å². The van der Waals surface area contributed by atoms with E-state index < -0.39 is 11.6 Å². The molecule has 0 atom stereocenters. The highest BCUT2D eigenvalue weighted by molar-refractivity contribution is 5.31. The second kappa shape index (κ2) is 3.42. The van der Waals surface area contributed by atoms with Crippen LogP contribution in [-0.4, -0.2) is 13.1 Å². The van der Waals surface area contributed by atoms with Crippen LogP contribution in [0, 0.1) is 11.6 Å². The van der Waals surface area contributed by atoms with Gasteiger partial charge in [0.1, 0.15) is 11.6 Å². The zero-order chi connectivity index (χ0) is 9.26. The van der Waals surface area contributed by atoms with Crippen LogP contribution in [0.25, 0.3) is 0 Å². The summed E-state index contributed by atoms with van der Waals surface area (Å²) in [6.07, 6.45) is 1.37. The summed E-state index contributed by atoms with van der Waals surface area (Å²) in [6, 6.07) is 2.40. The number of nitrogens with one attached hydrogen (secondary N) is 1.